The molecule has 0 aliphatic carbocycles. The van der Waals surface area contributed by atoms with E-state index in [1.807, 2.05) is 12.1 Å². The molecule has 0 saturated heterocycles. The molecule has 0 saturated carbocycles. The van der Waals surface area contributed by atoms with E-state index in [1.54, 1.807) is 36.7 Å². The molecule has 0 radical (unpaired) electrons. The van der Waals surface area contributed by atoms with Crippen molar-refractivity contribution in [2.24, 2.45) is 0 Å². The zero-order valence-corrected chi connectivity index (χ0v) is 9.11. The highest BCUT2D eigenvalue weighted by atomic mass is 35.5. The van der Waals surface area contributed by atoms with Crippen LogP contribution in [0.2, 0.25) is 0 Å². The van der Waals surface area contributed by atoms with Crippen LogP contribution < -0.4 is 5.32 Å². The van der Waals surface area contributed by atoms with E-state index in [4.69, 9.17) is 11.6 Å². The molecule has 0 aliphatic rings. The molecule has 0 aliphatic heterocycles. The number of carbonyl (C=O) groups excluding carboxylic acids is 1. The van der Waals surface area contributed by atoms with Crippen LogP contribution in [0.4, 0.5) is 11.4 Å². The predicted octanol–water partition coefficient (Wildman–Crippen LogP) is 3.20. The lowest BCUT2D eigenvalue weighted by Gasteiger charge is -2.05. The van der Waals surface area contributed by atoms with Crippen LogP contribution in [0.3, 0.4) is 0 Å². The molecule has 1 aromatic carbocycles. The molecule has 4 heteroatoms. The Hall–Kier alpha value is -1.87. The van der Waals surface area contributed by atoms with E-state index in [2.05, 4.69) is 10.3 Å². The number of rotatable bonds is 3. The maximum absolute atomic E-state index is 10.9. The fraction of sp³-hybridized carbons (Fsp3) is 0. The van der Waals surface area contributed by atoms with Gasteiger partial charge in [0.15, 0.2) is 0 Å². The zero-order valence-electron chi connectivity index (χ0n) is 8.35. The third-order valence-corrected chi connectivity index (χ3v) is 2.28. The molecular weight excluding hydrogens is 224 g/mol. The summed E-state index contributed by atoms with van der Waals surface area (Å²) in [7, 11) is 0. The number of benzene rings is 1. The third-order valence-electron chi connectivity index (χ3n) is 2.06. The second-order valence-corrected chi connectivity index (χ2v) is 3.56. The molecule has 0 atom stereocenters. The van der Waals surface area contributed by atoms with Crippen LogP contribution in [0.25, 0.3) is 0 Å². The van der Waals surface area contributed by atoms with Gasteiger partial charge >= 0.3 is 0 Å². The first kappa shape index (κ1) is 10.6. The van der Waals surface area contributed by atoms with Crippen molar-refractivity contribution in [1.82, 2.24) is 4.98 Å². The molecule has 0 spiro atoms. The summed E-state index contributed by atoms with van der Waals surface area (Å²) in [4.78, 5) is 14.8. The normalized spacial score (nSPS) is 9.81. The van der Waals surface area contributed by atoms with Crippen molar-refractivity contribution in [3.8, 4) is 0 Å². The van der Waals surface area contributed by atoms with E-state index in [0.29, 0.717) is 5.56 Å². The summed E-state index contributed by atoms with van der Waals surface area (Å²) in [6.07, 6.45) is 3.43. The van der Waals surface area contributed by atoms with Gasteiger partial charge in [0, 0.05) is 17.4 Å². The smallest absolute Gasteiger partial charge is 0.252 e. The maximum Gasteiger partial charge on any atom is 0.252 e. The summed E-state index contributed by atoms with van der Waals surface area (Å²) in [6.45, 7) is 0. The van der Waals surface area contributed by atoms with Gasteiger partial charge in [0.1, 0.15) is 0 Å². The van der Waals surface area contributed by atoms with E-state index in [9.17, 15) is 4.79 Å². The van der Waals surface area contributed by atoms with E-state index < -0.39 is 5.24 Å². The standard InChI is InChI=1S/C12H9ClN2O/c13-12(16)9-3-5-10(6-4-9)15-11-2-1-7-14-8-11/h1-8,15H. The Kier molecular flexibility index (Phi) is 3.17. The first-order chi connectivity index (χ1) is 7.75. The summed E-state index contributed by atoms with van der Waals surface area (Å²) < 4.78 is 0. The Labute approximate surface area is 98.1 Å². The number of hydrogen-bond donors (Lipinski definition) is 1. The second-order valence-electron chi connectivity index (χ2n) is 3.22. The molecule has 1 N–H and O–H groups in total. The molecular formula is C12H9ClN2O. The zero-order chi connectivity index (χ0) is 11.4. The number of carbonyl (C=O) groups is 1. The molecule has 3 nitrogen and oxygen atoms in total. The van der Waals surface area contributed by atoms with Gasteiger partial charge in [0.05, 0.1) is 11.9 Å². The highest BCUT2D eigenvalue weighted by Crippen LogP contribution is 2.16. The van der Waals surface area contributed by atoms with E-state index in [1.165, 1.54) is 0 Å². The van der Waals surface area contributed by atoms with Gasteiger partial charge in [-0.2, -0.15) is 0 Å². The summed E-state index contributed by atoms with van der Waals surface area (Å²) in [5.41, 5.74) is 2.26. The van der Waals surface area contributed by atoms with Crippen LogP contribution in [0.1, 0.15) is 10.4 Å². The fourth-order valence-corrected chi connectivity index (χ4v) is 1.41. The topological polar surface area (TPSA) is 42.0 Å². The van der Waals surface area contributed by atoms with Crippen LogP contribution >= 0.6 is 11.6 Å². The molecule has 0 unspecified atom stereocenters. The van der Waals surface area contributed by atoms with Crippen molar-refractivity contribution in [1.29, 1.82) is 0 Å². The fourth-order valence-electron chi connectivity index (χ4n) is 1.29. The molecule has 80 valence electrons. The number of pyridine rings is 1. The highest BCUT2D eigenvalue weighted by Gasteiger charge is 2.00. The molecule has 2 rings (SSSR count). The van der Waals surface area contributed by atoms with Crippen molar-refractivity contribution in [2.45, 2.75) is 0 Å². The van der Waals surface area contributed by atoms with E-state index in [0.717, 1.165) is 11.4 Å². The molecule has 0 fully saturated rings. The lowest BCUT2D eigenvalue weighted by atomic mass is 10.2. The van der Waals surface area contributed by atoms with Crippen LogP contribution in [0.15, 0.2) is 48.8 Å². The van der Waals surface area contributed by atoms with Crippen molar-refractivity contribution in [2.75, 3.05) is 5.32 Å². The van der Waals surface area contributed by atoms with Crippen molar-refractivity contribution >= 4 is 28.2 Å². The van der Waals surface area contributed by atoms with Gasteiger partial charge in [0.25, 0.3) is 5.24 Å². The third kappa shape index (κ3) is 2.58. The summed E-state index contributed by atoms with van der Waals surface area (Å²) >= 11 is 5.35. The van der Waals surface area contributed by atoms with Crippen molar-refractivity contribution in [3.05, 3.63) is 54.4 Å². The maximum atomic E-state index is 10.9. The second kappa shape index (κ2) is 4.77. The average Bonchev–Trinajstić information content (AvgIpc) is 2.31. The minimum Gasteiger partial charge on any atom is -0.354 e. The number of nitrogens with one attached hydrogen (secondary N) is 1. The van der Waals surface area contributed by atoms with Gasteiger partial charge in [-0.05, 0) is 48.0 Å². The summed E-state index contributed by atoms with van der Waals surface area (Å²) in [5, 5.41) is 2.70. The highest BCUT2D eigenvalue weighted by molar-refractivity contribution is 6.67. The lowest BCUT2D eigenvalue weighted by molar-refractivity contribution is 0.108. The van der Waals surface area contributed by atoms with Gasteiger partial charge in [-0.25, -0.2) is 0 Å². The van der Waals surface area contributed by atoms with Crippen molar-refractivity contribution < 1.29 is 4.79 Å². The Balaban J connectivity index is 2.14. The number of aromatic nitrogens is 1. The number of hydrogen-bond acceptors (Lipinski definition) is 3. The van der Waals surface area contributed by atoms with Crippen molar-refractivity contribution in [3.63, 3.8) is 0 Å². The lowest BCUT2D eigenvalue weighted by Crippen LogP contribution is -1.92. The van der Waals surface area contributed by atoms with E-state index >= 15 is 0 Å². The SMILES string of the molecule is O=C(Cl)c1ccc(Nc2cccnc2)cc1. The predicted molar refractivity (Wildman–Crippen MR) is 64.1 cm³/mol. The summed E-state index contributed by atoms with van der Waals surface area (Å²) in [5.74, 6) is 0. The minimum atomic E-state index is -0.451. The number of nitrogens with zero attached hydrogens (tertiary/aromatic N) is 1. The van der Waals surface area contributed by atoms with Gasteiger partial charge in [0.2, 0.25) is 0 Å². The van der Waals surface area contributed by atoms with Crippen LogP contribution in [-0.4, -0.2) is 10.2 Å². The first-order valence-electron chi connectivity index (χ1n) is 4.72. The molecule has 1 aromatic heterocycles. The van der Waals surface area contributed by atoms with Crippen LogP contribution in [0, 0.1) is 0 Å². The molecule has 2 aromatic rings. The molecule has 0 bridgehead atoms. The minimum absolute atomic E-state index is 0.451. The Bertz CT molecular complexity index is 482. The van der Waals surface area contributed by atoms with Gasteiger partial charge in [-0.3, -0.25) is 9.78 Å². The monoisotopic (exact) mass is 232 g/mol. The Morgan fingerprint density at radius 2 is 1.88 bits per heavy atom. The Morgan fingerprint density at radius 3 is 2.44 bits per heavy atom. The van der Waals surface area contributed by atoms with E-state index in [-0.39, 0.29) is 0 Å². The first-order valence-corrected chi connectivity index (χ1v) is 5.10. The largest absolute Gasteiger partial charge is 0.354 e. The number of anilines is 2. The average molecular weight is 233 g/mol. The van der Waals surface area contributed by atoms with Crippen LogP contribution in [-0.2, 0) is 0 Å². The van der Waals surface area contributed by atoms with Gasteiger partial charge < -0.3 is 5.32 Å². The molecule has 0 amide bonds. The molecule has 16 heavy (non-hydrogen) atoms. The Morgan fingerprint density at radius 1 is 1.12 bits per heavy atom. The quantitative estimate of drug-likeness (QED) is 0.827. The van der Waals surface area contributed by atoms with Crippen LogP contribution in [0.5, 0.6) is 0 Å². The molecule has 1 heterocycles. The number of halogens is 1. The van der Waals surface area contributed by atoms with Gasteiger partial charge in [-0.1, -0.05) is 0 Å². The summed E-state index contributed by atoms with van der Waals surface area (Å²) in [6, 6.07) is 10.7. The van der Waals surface area contributed by atoms with Gasteiger partial charge in [-0.15, -0.1) is 0 Å².